The molecule has 0 aromatic heterocycles. The molecule has 7 heteroatoms. The predicted octanol–water partition coefficient (Wildman–Crippen LogP) is 8.98. The van der Waals surface area contributed by atoms with Crippen LogP contribution >= 0.6 is 23.2 Å². The zero-order chi connectivity index (χ0) is 33.1. The number of rotatable bonds is 8. The van der Waals surface area contributed by atoms with Crippen LogP contribution in [-0.2, 0) is 27.2 Å². The van der Waals surface area contributed by atoms with E-state index in [0.29, 0.717) is 34.5 Å². The van der Waals surface area contributed by atoms with Gasteiger partial charge < -0.3 is 4.74 Å². The van der Waals surface area contributed by atoms with Crippen molar-refractivity contribution in [2.75, 3.05) is 32.8 Å². The highest BCUT2D eigenvalue weighted by atomic mass is 35.5. The highest BCUT2D eigenvalue weighted by Crippen LogP contribution is 2.46. The smallest absolute Gasteiger partial charge is 0.311 e. The van der Waals surface area contributed by atoms with Crippen LogP contribution in [0.25, 0.3) is 33.4 Å². The molecular weight excluding hydrogens is 639 g/mol. The van der Waals surface area contributed by atoms with Gasteiger partial charge in [0, 0.05) is 66.4 Å². The van der Waals surface area contributed by atoms with Crippen LogP contribution in [0.4, 0.5) is 0 Å². The Morgan fingerprint density at radius 1 is 0.688 bits per heavy atom. The van der Waals surface area contributed by atoms with E-state index >= 15 is 0 Å². The third kappa shape index (κ3) is 5.49. The number of aryl methyl sites for hydroxylation is 2. The molecule has 0 radical (unpaired) electrons. The standard InChI is InChI=1S/C41H40Cl2N2O3/c1-3-48-41(47)30-22-45(23-30)38-17-13-26-19-28(11-15-32(26)38)34-7-5-9-36(40(34)43)35-8-4-6-33(39(35)42)27-10-14-31-25(18-27)12-16-37(31)44-20-29(21-44)24(2)46/h4-11,14-15,18-19,29-30,37-38H,3,12-13,16-17,20-23H2,1-2H3/t37-,38+/m0/s1. The van der Waals surface area contributed by atoms with E-state index < -0.39 is 0 Å². The number of hydrogen-bond acceptors (Lipinski definition) is 5. The van der Waals surface area contributed by atoms with Crippen LogP contribution in [0.2, 0.25) is 10.0 Å². The van der Waals surface area contributed by atoms with Gasteiger partial charge in [0.05, 0.1) is 22.6 Å². The number of hydrogen-bond donors (Lipinski definition) is 0. The van der Waals surface area contributed by atoms with E-state index in [-0.39, 0.29) is 17.8 Å². The molecule has 4 aliphatic rings. The molecule has 48 heavy (non-hydrogen) atoms. The molecule has 246 valence electrons. The third-order valence-electron chi connectivity index (χ3n) is 11.2. The molecule has 4 aromatic rings. The molecule has 0 N–H and O–H groups in total. The Bertz CT molecular complexity index is 1930. The maximum Gasteiger partial charge on any atom is 0.311 e. The van der Waals surface area contributed by atoms with Gasteiger partial charge in [0.1, 0.15) is 5.78 Å². The number of likely N-dealkylation sites (tertiary alicyclic amines) is 2. The minimum atomic E-state index is -0.0731. The largest absolute Gasteiger partial charge is 0.466 e. The first-order valence-corrected chi connectivity index (χ1v) is 18.0. The van der Waals surface area contributed by atoms with Gasteiger partial charge in [-0.25, -0.2) is 0 Å². The number of halogens is 2. The summed E-state index contributed by atoms with van der Waals surface area (Å²) in [6.07, 6.45) is 4.20. The highest BCUT2D eigenvalue weighted by molar-refractivity contribution is 6.39. The molecule has 5 nitrogen and oxygen atoms in total. The van der Waals surface area contributed by atoms with E-state index in [1.807, 2.05) is 6.92 Å². The van der Waals surface area contributed by atoms with Crippen LogP contribution < -0.4 is 0 Å². The van der Waals surface area contributed by atoms with Crippen molar-refractivity contribution in [3.05, 3.63) is 105 Å². The van der Waals surface area contributed by atoms with Gasteiger partial charge in [-0.1, -0.05) is 96.0 Å². The van der Waals surface area contributed by atoms with Crippen LogP contribution in [-0.4, -0.2) is 54.3 Å². The topological polar surface area (TPSA) is 49.9 Å². The van der Waals surface area contributed by atoms with Crippen molar-refractivity contribution >= 4 is 35.0 Å². The Kier molecular flexibility index (Phi) is 8.45. The number of carbonyl (C=O) groups excluding carboxylic acids is 2. The van der Waals surface area contributed by atoms with Crippen molar-refractivity contribution in [1.29, 1.82) is 0 Å². The van der Waals surface area contributed by atoms with E-state index in [1.54, 1.807) is 6.92 Å². The average molecular weight is 680 g/mol. The molecule has 2 saturated heterocycles. The molecule has 0 spiro atoms. The van der Waals surface area contributed by atoms with Crippen molar-refractivity contribution in [3.8, 4) is 33.4 Å². The minimum Gasteiger partial charge on any atom is -0.466 e. The summed E-state index contributed by atoms with van der Waals surface area (Å²) in [5.74, 6) is 0.416. The molecule has 0 saturated carbocycles. The van der Waals surface area contributed by atoms with Crippen molar-refractivity contribution in [3.63, 3.8) is 0 Å². The number of carbonyl (C=O) groups is 2. The van der Waals surface area contributed by atoms with Crippen molar-refractivity contribution in [1.82, 2.24) is 9.80 Å². The molecule has 0 bridgehead atoms. The second-order valence-corrected chi connectivity index (χ2v) is 14.7. The Labute approximate surface area is 292 Å². The Hall–Kier alpha value is -3.48. The molecule has 4 aromatic carbocycles. The summed E-state index contributed by atoms with van der Waals surface area (Å²) in [6, 6.07) is 26.6. The summed E-state index contributed by atoms with van der Waals surface area (Å²) in [5, 5.41) is 1.40. The number of benzene rings is 4. The summed E-state index contributed by atoms with van der Waals surface area (Å²) in [7, 11) is 0. The highest BCUT2D eigenvalue weighted by Gasteiger charge is 2.41. The number of esters is 1. The lowest BCUT2D eigenvalue weighted by molar-refractivity contribution is -0.155. The minimum absolute atomic E-state index is 0.00633. The van der Waals surface area contributed by atoms with Gasteiger partial charge in [-0.05, 0) is 72.9 Å². The lowest BCUT2D eigenvalue weighted by atomic mass is 9.91. The molecular formula is C41H40Cl2N2O3. The van der Waals surface area contributed by atoms with Crippen LogP contribution in [0.15, 0.2) is 72.8 Å². The number of fused-ring (bicyclic) bond motifs is 2. The number of Topliss-reactive ketones (excluding diaryl/α,β-unsaturated/α-hetero) is 1. The first kappa shape index (κ1) is 31.8. The molecule has 2 aliphatic heterocycles. The van der Waals surface area contributed by atoms with E-state index in [0.717, 1.165) is 85.2 Å². The summed E-state index contributed by atoms with van der Waals surface area (Å²) in [5.41, 5.74) is 11.5. The zero-order valence-electron chi connectivity index (χ0n) is 27.5. The quantitative estimate of drug-likeness (QED) is 0.174. The molecule has 2 atom stereocenters. The fraction of sp³-hybridized carbons (Fsp3) is 0.366. The van der Waals surface area contributed by atoms with Gasteiger partial charge in [0.25, 0.3) is 0 Å². The molecule has 0 amide bonds. The predicted molar refractivity (Wildman–Crippen MR) is 192 cm³/mol. The Morgan fingerprint density at radius 3 is 1.60 bits per heavy atom. The lowest BCUT2D eigenvalue weighted by Gasteiger charge is -2.42. The van der Waals surface area contributed by atoms with Crippen molar-refractivity contribution in [2.24, 2.45) is 11.8 Å². The van der Waals surface area contributed by atoms with E-state index in [4.69, 9.17) is 27.9 Å². The van der Waals surface area contributed by atoms with Gasteiger partial charge in [0.2, 0.25) is 0 Å². The number of ketones is 1. The third-order valence-corrected chi connectivity index (χ3v) is 12.0. The lowest BCUT2D eigenvalue weighted by Crippen LogP contribution is -2.51. The summed E-state index contributed by atoms with van der Waals surface area (Å²) < 4.78 is 5.22. The zero-order valence-corrected chi connectivity index (χ0v) is 29.0. The van der Waals surface area contributed by atoms with Crippen LogP contribution in [0.5, 0.6) is 0 Å². The van der Waals surface area contributed by atoms with Gasteiger partial charge in [-0.2, -0.15) is 0 Å². The fourth-order valence-corrected chi connectivity index (χ4v) is 9.08. The van der Waals surface area contributed by atoms with E-state index in [1.165, 1.54) is 22.3 Å². The Morgan fingerprint density at radius 2 is 1.15 bits per heavy atom. The SMILES string of the molecule is CCOC(=O)C1CN([C@@H]2CCc3cc(-c4cccc(-c5cccc(-c6ccc7c(c6)CC[C@@H]7N6CC(C(C)=O)C6)c5Cl)c4Cl)ccc32)C1. The fourth-order valence-electron chi connectivity index (χ4n) is 8.41. The first-order valence-electron chi connectivity index (χ1n) is 17.3. The van der Waals surface area contributed by atoms with Crippen LogP contribution in [0.3, 0.4) is 0 Å². The Balaban J connectivity index is 1.03. The van der Waals surface area contributed by atoms with Gasteiger partial charge in [-0.3, -0.25) is 19.4 Å². The van der Waals surface area contributed by atoms with Crippen molar-refractivity contribution < 1.29 is 14.3 Å². The summed E-state index contributed by atoms with van der Waals surface area (Å²) >= 11 is 14.4. The van der Waals surface area contributed by atoms with Gasteiger partial charge in [0.15, 0.2) is 0 Å². The monoisotopic (exact) mass is 678 g/mol. The second-order valence-electron chi connectivity index (χ2n) is 13.9. The maximum atomic E-state index is 12.1. The van der Waals surface area contributed by atoms with Gasteiger partial charge >= 0.3 is 5.97 Å². The molecule has 2 fully saturated rings. The van der Waals surface area contributed by atoms with Crippen LogP contribution in [0, 0.1) is 11.8 Å². The van der Waals surface area contributed by atoms with Gasteiger partial charge in [-0.15, -0.1) is 0 Å². The van der Waals surface area contributed by atoms with E-state index in [2.05, 4.69) is 82.6 Å². The first-order chi connectivity index (χ1) is 23.3. The maximum absolute atomic E-state index is 12.1. The molecule has 0 unspecified atom stereocenters. The molecule has 2 aliphatic carbocycles. The molecule has 8 rings (SSSR count). The van der Waals surface area contributed by atoms with E-state index in [9.17, 15) is 9.59 Å². The summed E-state index contributed by atoms with van der Waals surface area (Å²) in [4.78, 5) is 28.8. The summed E-state index contributed by atoms with van der Waals surface area (Å²) in [6.45, 7) is 7.29. The number of nitrogens with zero attached hydrogens (tertiary/aromatic N) is 2. The number of ether oxygens (including phenoxy) is 1. The van der Waals surface area contributed by atoms with Crippen LogP contribution in [0.1, 0.15) is 61.0 Å². The van der Waals surface area contributed by atoms with Crippen molar-refractivity contribution in [2.45, 2.75) is 51.6 Å². The second kappa shape index (κ2) is 12.8. The average Bonchev–Trinajstić information content (AvgIpc) is 3.64. The normalized spacial score (nSPS) is 21.0. The molecule has 2 heterocycles.